The third kappa shape index (κ3) is 6.95. The lowest BCUT2D eigenvalue weighted by atomic mass is 10.0. The van der Waals surface area contributed by atoms with E-state index in [0.717, 1.165) is 10.2 Å². The Morgan fingerprint density at radius 1 is 1.38 bits per heavy atom. The summed E-state index contributed by atoms with van der Waals surface area (Å²) in [7, 11) is 0. The van der Waals surface area contributed by atoms with E-state index >= 15 is 0 Å². The van der Waals surface area contributed by atoms with Crippen LogP contribution < -0.4 is 10.6 Å². The number of thiophene rings is 1. The molecule has 1 unspecified atom stereocenters. The maximum atomic E-state index is 12.0. The van der Waals surface area contributed by atoms with Gasteiger partial charge >= 0.3 is 6.09 Å². The summed E-state index contributed by atoms with van der Waals surface area (Å²) in [5, 5.41) is 5.63. The van der Waals surface area contributed by atoms with E-state index in [9.17, 15) is 9.59 Å². The molecule has 0 fully saturated rings. The van der Waals surface area contributed by atoms with E-state index in [1.807, 2.05) is 6.07 Å². The molecule has 0 saturated carbocycles. The van der Waals surface area contributed by atoms with Crippen molar-refractivity contribution in [2.45, 2.75) is 33.2 Å². The number of carbonyl (C=O) groups is 2. The summed E-state index contributed by atoms with van der Waals surface area (Å²) >= 11 is 4.70. The van der Waals surface area contributed by atoms with Crippen molar-refractivity contribution in [1.82, 2.24) is 10.6 Å². The van der Waals surface area contributed by atoms with Crippen molar-refractivity contribution in [3.63, 3.8) is 0 Å². The molecule has 21 heavy (non-hydrogen) atoms. The van der Waals surface area contributed by atoms with Crippen molar-refractivity contribution in [3.05, 3.63) is 20.8 Å². The van der Waals surface area contributed by atoms with Crippen LogP contribution in [-0.4, -0.2) is 31.2 Å². The SMILES string of the molecule is CCOC(=O)NC(CNC(=O)c1ccc(Br)s1)CC(C)C. The smallest absolute Gasteiger partial charge is 0.407 e. The Hall–Kier alpha value is -1.08. The van der Waals surface area contributed by atoms with E-state index in [4.69, 9.17) is 4.74 Å². The lowest BCUT2D eigenvalue weighted by molar-refractivity contribution is 0.0948. The minimum Gasteiger partial charge on any atom is -0.450 e. The van der Waals surface area contributed by atoms with Gasteiger partial charge in [0.25, 0.3) is 5.91 Å². The van der Waals surface area contributed by atoms with Crippen LogP contribution in [0.15, 0.2) is 15.9 Å². The Morgan fingerprint density at radius 3 is 2.62 bits per heavy atom. The average Bonchev–Trinajstić information content (AvgIpc) is 2.82. The van der Waals surface area contributed by atoms with Crippen LogP contribution in [0.3, 0.4) is 0 Å². The van der Waals surface area contributed by atoms with Crippen molar-refractivity contribution >= 4 is 39.3 Å². The molecule has 0 aliphatic rings. The second-order valence-electron chi connectivity index (χ2n) is 5.01. The molecule has 1 rings (SSSR count). The number of ether oxygens (including phenoxy) is 1. The van der Waals surface area contributed by atoms with Gasteiger partial charge in [-0.3, -0.25) is 4.79 Å². The van der Waals surface area contributed by atoms with Crippen molar-refractivity contribution in [3.8, 4) is 0 Å². The molecule has 1 atom stereocenters. The Bertz CT molecular complexity index is 477. The zero-order valence-electron chi connectivity index (χ0n) is 12.4. The lowest BCUT2D eigenvalue weighted by Gasteiger charge is -2.20. The minimum atomic E-state index is -0.448. The molecular formula is C14H21BrN2O3S. The highest BCUT2D eigenvalue weighted by molar-refractivity contribution is 9.11. The van der Waals surface area contributed by atoms with E-state index in [-0.39, 0.29) is 11.9 Å². The molecule has 2 N–H and O–H groups in total. The van der Waals surface area contributed by atoms with Gasteiger partial charge in [0, 0.05) is 12.6 Å². The van der Waals surface area contributed by atoms with Crippen LogP contribution >= 0.6 is 27.3 Å². The summed E-state index contributed by atoms with van der Waals surface area (Å²) in [5.41, 5.74) is 0. The molecule has 2 amide bonds. The number of hydrogen-bond acceptors (Lipinski definition) is 4. The highest BCUT2D eigenvalue weighted by Gasteiger charge is 2.16. The van der Waals surface area contributed by atoms with E-state index in [1.54, 1.807) is 13.0 Å². The summed E-state index contributed by atoms with van der Waals surface area (Å²) in [5.74, 6) is 0.273. The molecule has 0 spiro atoms. The number of halogens is 1. The second-order valence-corrected chi connectivity index (χ2v) is 7.47. The average molecular weight is 377 g/mol. The zero-order chi connectivity index (χ0) is 15.8. The molecule has 1 heterocycles. The fraction of sp³-hybridized carbons (Fsp3) is 0.571. The monoisotopic (exact) mass is 376 g/mol. The van der Waals surface area contributed by atoms with Gasteiger partial charge in [0.1, 0.15) is 0 Å². The first-order valence-corrected chi connectivity index (χ1v) is 8.50. The molecule has 1 aromatic heterocycles. The first-order chi connectivity index (χ1) is 9.92. The third-order valence-corrected chi connectivity index (χ3v) is 4.28. The van der Waals surface area contributed by atoms with Gasteiger partial charge in [0.05, 0.1) is 15.3 Å². The van der Waals surface area contributed by atoms with Crippen LogP contribution in [0.5, 0.6) is 0 Å². The van der Waals surface area contributed by atoms with Crippen LogP contribution in [-0.2, 0) is 4.74 Å². The van der Waals surface area contributed by atoms with Gasteiger partial charge in [-0.05, 0) is 47.3 Å². The van der Waals surface area contributed by atoms with Crippen LogP contribution in [0.25, 0.3) is 0 Å². The Labute approximate surface area is 137 Å². The molecule has 0 saturated heterocycles. The van der Waals surface area contributed by atoms with Gasteiger partial charge in [0.2, 0.25) is 0 Å². The molecule has 0 radical (unpaired) electrons. The summed E-state index contributed by atoms with van der Waals surface area (Å²) in [6, 6.07) is 3.46. The number of hydrogen-bond donors (Lipinski definition) is 2. The molecule has 1 aromatic rings. The number of nitrogens with one attached hydrogen (secondary N) is 2. The van der Waals surface area contributed by atoms with Gasteiger partial charge < -0.3 is 15.4 Å². The predicted molar refractivity (Wildman–Crippen MR) is 87.8 cm³/mol. The zero-order valence-corrected chi connectivity index (χ0v) is 14.8. The molecule has 0 aliphatic heterocycles. The fourth-order valence-corrected chi connectivity index (χ4v) is 3.14. The lowest BCUT2D eigenvalue weighted by Crippen LogP contribution is -2.44. The minimum absolute atomic E-state index is 0.134. The summed E-state index contributed by atoms with van der Waals surface area (Å²) in [6.07, 6.45) is 0.323. The highest BCUT2D eigenvalue weighted by Crippen LogP contribution is 2.21. The van der Waals surface area contributed by atoms with Crippen molar-refractivity contribution in [1.29, 1.82) is 0 Å². The Morgan fingerprint density at radius 2 is 2.10 bits per heavy atom. The first-order valence-electron chi connectivity index (χ1n) is 6.89. The number of rotatable bonds is 7. The number of carbonyl (C=O) groups excluding carboxylic acids is 2. The van der Waals surface area contributed by atoms with Crippen LogP contribution in [0.1, 0.15) is 36.9 Å². The van der Waals surface area contributed by atoms with E-state index in [0.29, 0.717) is 23.9 Å². The fourth-order valence-electron chi connectivity index (χ4n) is 1.84. The van der Waals surface area contributed by atoms with Gasteiger partial charge in [-0.15, -0.1) is 11.3 Å². The topological polar surface area (TPSA) is 67.4 Å². The molecule has 118 valence electrons. The molecule has 0 aromatic carbocycles. The highest BCUT2D eigenvalue weighted by atomic mass is 79.9. The third-order valence-electron chi connectivity index (χ3n) is 2.66. The van der Waals surface area contributed by atoms with Crippen molar-refractivity contribution < 1.29 is 14.3 Å². The normalized spacial score (nSPS) is 12.0. The predicted octanol–water partition coefficient (Wildman–Crippen LogP) is 3.40. The maximum absolute atomic E-state index is 12.0. The number of amides is 2. The van der Waals surface area contributed by atoms with Gasteiger partial charge in [-0.25, -0.2) is 4.79 Å². The van der Waals surface area contributed by atoms with Gasteiger partial charge in [0.15, 0.2) is 0 Å². The quantitative estimate of drug-likeness (QED) is 0.765. The van der Waals surface area contributed by atoms with Crippen LogP contribution in [0.4, 0.5) is 4.79 Å². The summed E-state index contributed by atoms with van der Waals surface area (Å²) < 4.78 is 5.79. The second kappa shape index (κ2) is 9.04. The van der Waals surface area contributed by atoms with E-state index in [1.165, 1.54) is 11.3 Å². The van der Waals surface area contributed by atoms with Crippen molar-refractivity contribution in [2.24, 2.45) is 5.92 Å². The van der Waals surface area contributed by atoms with Crippen LogP contribution in [0, 0.1) is 5.92 Å². The Kier molecular flexibility index (Phi) is 7.74. The number of alkyl carbamates (subject to hydrolysis) is 1. The van der Waals surface area contributed by atoms with E-state index < -0.39 is 6.09 Å². The largest absolute Gasteiger partial charge is 0.450 e. The molecule has 0 bridgehead atoms. The van der Waals surface area contributed by atoms with Gasteiger partial charge in [-0.2, -0.15) is 0 Å². The molecule has 0 aliphatic carbocycles. The van der Waals surface area contributed by atoms with Crippen LogP contribution in [0.2, 0.25) is 0 Å². The molecular weight excluding hydrogens is 356 g/mol. The first kappa shape index (κ1) is 18.0. The molecule has 7 heteroatoms. The van der Waals surface area contributed by atoms with Gasteiger partial charge in [-0.1, -0.05) is 13.8 Å². The molecule has 5 nitrogen and oxygen atoms in total. The maximum Gasteiger partial charge on any atom is 0.407 e. The Balaban J connectivity index is 2.52. The summed E-state index contributed by atoms with van der Waals surface area (Å²) in [6.45, 7) is 6.60. The summed E-state index contributed by atoms with van der Waals surface area (Å²) in [4.78, 5) is 24.1. The standard InChI is InChI=1S/C14H21BrN2O3S/c1-4-20-14(19)17-10(7-9(2)3)8-16-13(18)11-5-6-12(15)21-11/h5-6,9-10H,4,7-8H2,1-3H3,(H,16,18)(H,17,19). The van der Waals surface area contributed by atoms with Crippen molar-refractivity contribution in [2.75, 3.05) is 13.2 Å². The van der Waals surface area contributed by atoms with E-state index in [2.05, 4.69) is 40.4 Å².